The monoisotopic (exact) mass is 462 g/mol. The lowest BCUT2D eigenvalue weighted by Gasteiger charge is -2.28. The zero-order chi connectivity index (χ0) is 24.7. The normalized spacial score (nSPS) is 14.4. The first-order valence-corrected chi connectivity index (χ1v) is 11.8. The Kier molecular flexibility index (Phi) is 8.69. The van der Waals surface area contributed by atoms with Crippen LogP contribution in [-0.2, 0) is 0 Å². The molecule has 2 aromatic carbocycles. The Morgan fingerprint density at radius 2 is 1.41 bits per heavy atom. The van der Waals surface area contributed by atoms with Gasteiger partial charge < -0.3 is 31.5 Å². The molecule has 6 N–H and O–H groups in total. The van der Waals surface area contributed by atoms with E-state index < -0.39 is 0 Å². The molecule has 2 aromatic rings. The highest BCUT2D eigenvalue weighted by atomic mass is 16.3. The van der Waals surface area contributed by atoms with E-state index in [4.69, 9.17) is 11.5 Å². The molecule has 0 spiro atoms. The van der Waals surface area contributed by atoms with Gasteiger partial charge in [-0.2, -0.15) is 0 Å². The number of aryl methyl sites for hydroxylation is 1. The lowest BCUT2D eigenvalue weighted by molar-refractivity contribution is 0.281. The van der Waals surface area contributed by atoms with Gasteiger partial charge in [0.1, 0.15) is 0 Å². The third kappa shape index (κ3) is 5.59. The molecule has 0 saturated carbocycles. The molecular weight excluding hydrogens is 424 g/mol. The molecule has 0 radical (unpaired) electrons. The van der Waals surface area contributed by atoms with E-state index in [1.54, 1.807) is 0 Å². The number of aliphatic hydroxyl groups is 2. The zero-order valence-corrected chi connectivity index (χ0v) is 20.5. The second-order valence-corrected chi connectivity index (χ2v) is 9.01. The van der Waals surface area contributed by atoms with Crippen LogP contribution in [0.2, 0.25) is 0 Å². The average Bonchev–Trinajstić information content (AvgIpc) is 2.86. The van der Waals surface area contributed by atoms with Crippen molar-refractivity contribution >= 4 is 16.9 Å². The summed E-state index contributed by atoms with van der Waals surface area (Å²) in [6, 6.07) is 14.9. The van der Waals surface area contributed by atoms with E-state index in [0.29, 0.717) is 26.2 Å². The molecule has 0 unspecified atom stereocenters. The van der Waals surface area contributed by atoms with Crippen LogP contribution in [0, 0.1) is 12.3 Å². The van der Waals surface area contributed by atoms with E-state index in [0.717, 1.165) is 39.2 Å². The smallest absolute Gasteiger partial charge is 0.0606 e. The van der Waals surface area contributed by atoms with Crippen LogP contribution < -0.4 is 21.3 Å². The molecule has 1 aliphatic rings. The molecule has 182 valence electrons. The van der Waals surface area contributed by atoms with Crippen LogP contribution in [0.5, 0.6) is 0 Å². The highest BCUT2D eigenvalue weighted by Crippen LogP contribution is 2.36. The van der Waals surface area contributed by atoms with Gasteiger partial charge in [0.25, 0.3) is 0 Å². The van der Waals surface area contributed by atoms with E-state index in [1.807, 2.05) is 19.0 Å². The Morgan fingerprint density at radius 1 is 0.853 bits per heavy atom. The van der Waals surface area contributed by atoms with Gasteiger partial charge in [0, 0.05) is 57.1 Å². The Bertz CT molecular complexity index is 1030. The topological polar surface area (TPSA) is 99.0 Å². The summed E-state index contributed by atoms with van der Waals surface area (Å²) in [5, 5.41) is 18.9. The molecule has 0 amide bonds. The van der Waals surface area contributed by atoms with Crippen LogP contribution in [0.25, 0.3) is 5.57 Å². The van der Waals surface area contributed by atoms with Crippen molar-refractivity contribution in [3.8, 4) is 0 Å². The van der Waals surface area contributed by atoms with Gasteiger partial charge in [-0.05, 0) is 59.0 Å². The number of nitrogens with two attached hydrogens (primary N) is 2. The zero-order valence-electron chi connectivity index (χ0n) is 20.5. The highest BCUT2D eigenvalue weighted by Gasteiger charge is 2.24. The van der Waals surface area contributed by atoms with E-state index in [2.05, 4.69) is 78.6 Å². The number of allylic oxidation sites excluding steroid dienone is 3. The van der Waals surface area contributed by atoms with Crippen LogP contribution in [0.15, 0.2) is 72.3 Å². The molecule has 6 nitrogen and oxygen atoms in total. The van der Waals surface area contributed by atoms with Gasteiger partial charge in [0.15, 0.2) is 0 Å². The van der Waals surface area contributed by atoms with Crippen molar-refractivity contribution in [2.24, 2.45) is 16.9 Å². The van der Waals surface area contributed by atoms with Crippen molar-refractivity contribution in [3.63, 3.8) is 0 Å². The summed E-state index contributed by atoms with van der Waals surface area (Å²) in [4.78, 5) is 4.08. The van der Waals surface area contributed by atoms with Gasteiger partial charge in [-0.3, -0.25) is 0 Å². The average molecular weight is 463 g/mol. The fraction of sp³-hybridized carbons (Fsp3) is 0.357. The molecule has 0 atom stereocenters. The van der Waals surface area contributed by atoms with Crippen LogP contribution in [0.1, 0.15) is 16.7 Å². The molecular formula is C28H38N4O2. The lowest BCUT2D eigenvalue weighted by Crippen LogP contribution is -2.35. The Balaban J connectivity index is 2.13. The number of benzene rings is 2. The molecule has 3 rings (SSSR count). The fourth-order valence-electron chi connectivity index (χ4n) is 4.29. The van der Waals surface area contributed by atoms with Gasteiger partial charge in [0.2, 0.25) is 0 Å². The number of aliphatic hydroxyl groups excluding tert-OH is 2. The fourth-order valence-corrected chi connectivity index (χ4v) is 4.29. The lowest BCUT2D eigenvalue weighted by atomic mass is 9.80. The molecule has 0 fully saturated rings. The molecule has 0 saturated heterocycles. The molecule has 34 heavy (non-hydrogen) atoms. The van der Waals surface area contributed by atoms with Crippen LogP contribution >= 0.6 is 0 Å². The van der Waals surface area contributed by atoms with Gasteiger partial charge in [-0.1, -0.05) is 42.5 Å². The van der Waals surface area contributed by atoms with Gasteiger partial charge in [0.05, 0.1) is 13.2 Å². The van der Waals surface area contributed by atoms with Crippen molar-refractivity contribution in [2.75, 3.05) is 63.3 Å². The maximum absolute atomic E-state index is 9.43. The predicted molar refractivity (Wildman–Crippen MR) is 143 cm³/mol. The second-order valence-electron chi connectivity index (χ2n) is 9.01. The quantitative estimate of drug-likeness (QED) is 0.433. The number of rotatable bonds is 10. The first-order valence-electron chi connectivity index (χ1n) is 11.8. The van der Waals surface area contributed by atoms with Gasteiger partial charge >= 0.3 is 0 Å². The first-order chi connectivity index (χ1) is 16.4. The van der Waals surface area contributed by atoms with Crippen LogP contribution in [0.3, 0.4) is 0 Å². The summed E-state index contributed by atoms with van der Waals surface area (Å²) >= 11 is 0. The third-order valence-electron chi connectivity index (χ3n) is 6.50. The SMILES string of the molecule is Cc1cc(N(CCO)CCO)ccc1C(=C1C=CC(CN)(CN)C=C1)c1ccc(N(C)C)cc1. The van der Waals surface area contributed by atoms with E-state index in [-0.39, 0.29) is 18.6 Å². The van der Waals surface area contributed by atoms with Gasteiger partial charge in [-0.25, -0.2) is 0 Å². The summed E-state index contributed by atoms with van der Waals surface area (Å²) in [5.74, 6) is 0. The highest BCUT2D eigenvalue weighted by molar-refractivity contribution is 5.88. The molecule has 0 aliphatic heterocycles. The summed E-state index contributed by atoms with van der Waals surface area (Å²) in [6.07, 6.45) is 8.49. The third-order valence-corrected chi connectivity index (χ3v) is 6.50. The van der Waals surface area contributed by atoms with Crippen LogP contribution in [0.4, 0.5) is 11.4 Å². The maximum Gasteiger partial charge on any atom is 0.0606 e. The minimum Gasteiger partial charge on any atom is -0.395 e. The van der Waals surface area contributed by atoms with Gasteiger partial charge in [-0.15, -0.1) is 0 Å². The molecule has 0 bridgehead atoms. The Morgan fingerprint density at radius 3 is 1.88 bits per heavy atom. The van der Waals surface area contributed by atoms with E-state index in [1.165, 1.54) is 0 Å². The van der Waals surface area contributed by atoms with E-state index in [9.17, 15) is 10.2 Å². The molecule has 1 aliphatic carbocycles. The van der Waals surface area contributed by atoms with Crippen molar-refractivity contribution < 1.29 is 10.2 Å². The predicted octanol–water partition coefficient (Wildman–Crippen LogP) is 2.68. The summed E-state index contributed by atoms with van der Waals surface area (Å²) < 4.78 is 0. The van der Waals surface area contributed by atoms with Crippen molar-refractivity contribution in [3.05, 3.63) is 89.0 Å². The summed E-state index contributed by atoms with van der Waals surface area (Å²) in [7, 11) is 4.07. The summed E-state index contributed by atoms with van der Waals surface area (Å²) in [5.41, 5.74) is 19.5. The molecule has 0 heterocycles. The molecule has 0 aromatic heterocycles. The Labute approximate surface area is 203 Å². The Hall–Kier alpha value is -2.90. The number of anilines is 2. The first kappa shape index (κ1) is 25.7. The number of hydrogen-bond donors (Lipinski definition) is 4. The number of hydrogen-bond acceptors (Lipinski definition) is 6. The second kappa shape index (κ2) is 11.5. The van der Waals surface area contributed by atoms with Crippen molar-refractivity contribution in [2.45, 2.75) is 6.92 Å². The minimum atomic E-state index is -0.308. The van der Waals surface area contributed by atoms with Crippen LogP contribution in [-0.4, -0.2) is 63.7 Å². The minimum absolute atomic E-state index is 0.0357. The van der Waals surface area contributed by atoms with Crippen molar-refractivity contribution in [1.29, 1.82) is 0 Å². The number of nitrogens with zero attached hydrogens (tertiary/aromatic N) is 2. The largest absolute Gasteiger partial charge is 0.395 e. The summed E-state index contributed by atoms with van der Waals surface area (Å²) in [6.45, 7) is 4.06. The standard InChI is InChI=1S/C28H38N4O2/c1-21-18-25(32(14-16-33)15-17-34)8-9-26(21)27(22-4-6-24(7-5-22)31(2)3)23-10-12-28(19-29,20-30)13-11-23/h4-13,18,33-34H,14-17,19-20,29-30H2,1-3H3. The van der Waals surface area contributed by atoms with E-state index >= 15 is 0 Å². The molecule has 6 heteroatoms. The van der Waals surface area contributed by atoms with Crippen molar-refractivity contribution in [1.82, 2.24) is 0 Å². The maximum atomic E-state index is 9.43.